The highest BCUT2D eigenvalue weighted by molar-refractivity contribution is 6.09. The predicted molar refractivity (Wildman–Crippen MR) is 93.8 cm³/mol. The number of aromatic carboxylic acids is 1. The van der Waals surface area contributed by atoms with Crippen molar-refractivity contribution in [2.24, 2.45) is 0 Å². The number of hydrogen-bond donors (Lipinski definition) is 1. The van der Waals surface area contributed by atoms with Crippen molar-refractivity contribution in [2.75, 3.05) is 19.6 Å². The van der Waals surface area contributed by atoms with Gasteiger partial charge in [-0.1, -0.05) is 13.3 Å². The van der Waals surface area contributed by atoms with E-state index in [1.807, 2.05) is 19.2 Å². The summed E-state index contributed by atoms with van der Waals surface area (Å²) in [7, 11) is 0. The Hall–Kier alpha value is -2.14. The molecule has 2 heterocycles. The lowest BCUT2D eigenvalue weighted by Crippen LogP contribution is -2.32. The molecule has 0 radical (unpaired) electrons. The zero-order chi connectivity index (χ0) is 17.1. The molecule has 1 aromatic carbocycles. The number of nitrogens with zero attached hydrogens (tertiary/aromatic N) is 2. The van der Waals surface area contributed by atoms with Crippen molar-refractivity contribution >= 4 is 22.7 Å². The van der Waals surface area contributed by atoms with E-state index in [2.05, 4.69) is 9.47 Å². The number of hydrogen-bond acceptors (Lipinski definition) is 3. The summed E-state index contributed by atoms with van der Waals surface area (Å²) in [6, 6.07) is 5.06. The van der Waals surface area contributed by atoms with Crippen LogP contribution in [0.2, 0.25) is 0 Å². The molecule has 0 aliphatic carbocycles. The quantitative estimate of drug-likeness (QED) is 0.825. The number of piperidine rings is 1. The molecule has 1 N–H and O–H groups in total. The average Bonchev–Trinajstić information content (AvgIpc) is 2.98. The van der Waals surface area contributed by atoms with Gasteiger partial charge in [-0.3, -0.25) is 4.79 Å². The van der Waals surface area contributed by atoms with Gasteiger partial charge in [0.2, 0.25) is 0 Å². The minimum absolute atomic E-state index is 0.0549. The average molecular weight is 328 g/mol. The van der Waals surface area contributed by atoms with Gasteiger partial charge in [0.1, 0.15) is 0 Å². The van der Waals surface area contributed by atoms with E-state index in [4.69, 9.17) is 0 Å². The molecule has 2 aromatic rings. The molecule has 0 saturated carbocycles. The number of benzene rings is 1. The zero-order valence-electron chi connectivity index (χ0n) is 14.1. The third kappa shape index (κ3) is 3.36. The fourth-order valence-corrected chi connectivity index (χ4v) is 3.46. The van der Waals surface area contributed by atoms with Crippen molar-refractivity contribution in [3.05, 3.63) is 35.5 Å². The molecule has 0 bridgehead atoms. The molecule has 128 valence electrons. The van der Waals surface area contributed by atoms with Crippen LogP contribution >= 0.6 is 0 Å². The van der Waals surface area contributed by atoms with Gasteiger partial charge in [0.05, 0.1) is 5.56 Å². The summed E-state index contributed by atoms with van der Waals surface area (Å²) < 4.78 is 2.10. The number of carboxylic acids is 1. The fourth-order valence-electron chi connectivity index (χ4n) is 3.46. The summed E-state index contributed by atoms with van der Waals surface area (Å²) in [6.07, 6.45) is 6.15. The predicted octanol–water partition coefficient (Wildman–Crippen LogP) is 3.42. The monoisotopic (exact) mass is 328 g/mol. The van der Waals surface area contributed by atoms with Crippen molar-refractivity contribution in [3.8, 4) is 0 Å². The van der Waals surface area contributed by atoms with E-state index in [9.17, 15) is 14.7 Å². The number of rotatable bonds is 6. The Labute approximate surface area is 141 Å². The Balaban J connectivity index is 1.92. The minimum atomic E-state index is -0.965. The second-order valence-corrected chi connectivity index (χ2v) is 6.45. The molecule has 1 aromatic heterocycles. The van der Waals surface area contributed by atoms with Crippen molar-refractivity contribution < 1.29 is 14.7 Å². The van der Waals surface area contributed by atoms with Gasteiger partial charge in [-0.25, -0.2) is 4.79 Å². The minimum Gasteiger partial charge on any atom is -0.478 e. The number of ketones is 1. The molecule has 0 unspecified atom stereocenters. The van der Waals surface area contributed by atoms with Crippen LogP contribution in [0.15, 0.2) is 24.4 Å². The van der Waals surface area contributed by atoms with Crippen LogP contribution in [0.25, 0.3) is 10.9 Å². The maximum atomic E-state index is 12.3. The summed E-state index contributed by atoms with van der Waals surface area (Å²) in [5, 5.41) is 9.96. The standard InChI is InChI=1S/C19H24N2O3/c1-2-18(22)16-13-21(11-10-20-8-4-3-5-9-20)17-7-6-14(19(23)24)12-15(16)17/h6-7,12-13H,2-5,8-11H2,1H3,(H,23,24). The molecule has 1 aliphatic rings. The van der Waals surface area contributed by atoms with Gasteiger partial charge in [-0.05, 0) is 44.1 Å². The highest BCUT2D eigenvalue weighted by atomic mass is 16.4. The lowest BCUT2D eigenvalue weighted by Gasteiger charge is -2.26. The van der Waals surface area contributed by atoms with Crippen LogP contribution in [-0.2, 0) is 6.54 Å². The molecule has 5 nitrogen and oxygen atoms in total. The highest BCUT2D eigenvalue weighted by Gasteiger charge is 2.17. The molecule has 0 atom stereocenters. The first-order chi connectivity index (χ1) is 11.6. The molecule has 5 heteroatoms. The molecule has 1 fully saturated rings. The normalized spacial score (nSPS) is 15.7. The van der Waals surface area contributed by atoms with E-state index in [1.165, 1.54) is 19.3 Å². The number of carboxylic acid groups (broad SMARTS) is 1. The molecular weight excluding hydrogens is 304 g/mol. The summed E-state index contributed by atoms with van der Waals surface area (Å²) in [5.74, 6) is -0.910. The van der Waals surface area contributed by atoms with Crippen LogP contribution in [0.1, 0.15) is 53.3 Å². The Bertz CT molecular complexity index is 757. The van der Waals surface area contributed by atoms with Crippen LogP contribution in [-0.4, -0.2) is 46.0 Å². The van der Waals surface area contributed by atoms with Crippen LogP contribution < -0.4 is 0 Å². The largest absolute Gasteiger partial charge is 0.478 e. The first-order valence-electron chi connectivity index (χ1n) is 8.72. The first-order valence-corrected chi connectivity index (χ1v) is 8.72. The van der Waals surface area contributed by atoms with Gasteiger partial charge < -0.3 is 14.6 Å². The summed E-state index contributed by atoms with van der Waals surface area (Å²) in [4.78, 5) is 26.0. The van der Waals surface area contributed by atoms with E-state index >= 15 is 0 Å². The molecule has 0 spiro atoms. The number of carbonyl (C=O) groups excluding carboxylic acids is 1. The smallest absolute Gasteiger partial charge is 0.335 e. The third-order valence-corrected chi connectivity index (χ3v) is 4.86. The van der Waals surface area contributed by atoms with Gasteiger partial charge >= 0.3 is 5.97 Å². The van der Waals surface area contributed by atoms with E-state index in [0.717, 1.165) is 37.1 Å². The Morgan fingerprint density at radius 2 is 1.88 bits per heavy atom. The highest BCUT2D eigenvalue weighted by Crippen LogP contribution is 2.24. The lowest BCUT2D eigenvalue weighted by molar-refractivity contribution is 0.0696. The maximum Gasteiger partial charge on any atom is 0.335 e. The van der Waals surface area contributed by atoms with Crippen LogP contribution in [0, 0.1) is 0 Å². The molecule has 1 saturated heterocycles. The second kappa shape index (κ2) is 7.18. The third-order valence-electron chi connectivity index (χ3n) is 4.86. The van der Waals surface area contributed by atoms with E-state index in [-0.39, 0.29) is 11.3 Å². The molecule has 1 aliphatic heterocycles. The van der Waals surface area contributed by atoms with Gasteiger partial charge in [-0.15, -0.1) is 0 Å². The summed E-state index contributed by atoms with van der Waals surface area (Å²) >= 11 is 0. The van der Waals surface area contributed by atoms with Gasteiger partial charge in [-0.2, -0.15) is 0 Å². The van der Waals surface area contributed by atoms with Crippen LogP contribution in [0.4, 0.5) is 0 Å². The summed E-state index contributed by atoms with van der Waals surface area (Å²) in [6.45, 7) is 5.90. The van der Waals surface area contributed by atoms with Crippen LogP contribution in [0.5, 0.6) is 0 Å². The van der Waals surface area contributed by atoms with Gasteiger partial charge in [0.15, 0.2) is 5.78 Å². The number of Topliss-reactive ketones (excluding diaryl/α,β-unsaturated/α-hetero) is 1. The van der Waals surface area contributed by atoms with E-state index in [0.29, 0.717) is 12.0 Å². The van der Waals surface area contributed by atoms with E-state index in [1.54, 1.807) is 12.1 Å². The lowest BCUT2D eigenvalue weighted by atomic mass is 10.1. The van der Waals surface area contributed by atoms with Gasteiger partial charge in [0.25, 0.3) is 0 Å². The van der Waals surface area contributed by atoms with Crippen LogP contribution in [0.3, 0.4) is 0 Å². The Morgan fingerprint density at radius 3 is 2.54 bits per heavy atom. The van der Waals surface area contributed by atoms with Gasteiger partial charge in [0, 0.05) is 42.2 Å². The van der Waals surface area contributed by atoms with E-state index < -0.39 is 5.97 Å². The topological polar surface area (TPSA) is 62.5 Å². The van der Waals surface area contributed by atoms with Crippen molar-refractivity contribution in [1.29, 1.82) is 0 Å². The van der Waals surface area contributed by atoms with Crippen molar-refractivity contribution in [3.63, 3.8) is 0 Å². The molecule has 24 heavy (non-hydrogen) atoms. The number of carbonyl (C=O) groups is 2. The Kier molecular flexibility index (Phi) is 5.00. The number of aromatic nitrogens is 1. The fraction of sp³-hybridized carbons (Fsp3) is 0.474. The SMILES string of the molecule is CCC(=O)c1cn(CCN2CCCCC2)c2ccc(C(=O)O)cc12. The molecule has 0 amide bonds. The molecular formula is C19H24N2O3. The number of likely N-dealkylation sites (tertiary alicyclic amines) is 1. The first kappa shape index (κ1) is 16.7. The number of fused-ring (bicyclic) bond motifs is 1. The van der Waals surface area contributed by atoms with Crippen molar-refractivity contribution in [1.82, 2.24) is 9.47 Å². The second-order valence-electron chi connectivity index (χ2n) is 6.45. The summed E-state index contributed by atoms with van der Waals surface area (Å²) in [5.41, 5.74) is 1.80. The maximum absolute atomic E-state index is 12.3. The Morgan fingerprint density at radius 1 is 1.12 bits per heavy atom. The zero-order valence-corrected chi connectivity index (χ0v) is 14.1. The van der Waals surface area contributed by atoms with Crippen molar-refractivity contribution in [2.45, 2.75) is 39.2 Å². The molecule has 3 rings (SSSR count).